The van der Waals surface area contributed by atoms with Gasteiger partial charge in [0, 0.05) is 18.1 Å². The summed E-state index contributed by atoms with van der Waals surface area (Å²) in [6, 6.07) is 2.68. The molecule has 2 saturated heterocycles. The molecule has 3 saturated carbocycles. The summed E-state index contributed by atoms with van der Waals surface area (Å²) in [5.41, 5.74) is 0. The summed E-state index contributed by atoms with van der Waals surface area (Å²) in [6.45, 7) is 2.75. The van der Waals surface area contributed by atoms with Crippen LogP contribution in [0.1, 0.15) is 57.8 Å². The van der Waals surface area contributed by atoms with Gasteiger partial charge in [-0.15, -0.1) is 0 Å². The summed E-state index contributed by atoms with van der Waals surface area (Å²) < 4.78 is 0. The average molecular weight is 274 g/mol. The lowest BCUT2D eigenvalue weighted by Gasteiger charge is -2.39. The van der Waals surface area contributed by atoms with Gasteiger partial charge < -0.3 is 10.2 Å². The number of hydrogen-bond acceptors (Lipinski definition) is 2. The fraction of sp³-hybridized carbons (Fsp3) is 1.00. The summed E-state index contributed by atoms with van der Waals surface area (Å²) in [5, 5.41) is 4.15. The summed E-state index contributed by atoms with van der Waals surface area (Å²) in [4.78, 5) is 2.76. The van der Waals surface area contributed by atoms with Crippen molar-refractivity contribution in [2.24, 2.45) is 23.7 Å². The van der Waals surface area contributed by atoms with Crippen LogP contribution in [0.15, 0.2) is 0 Å². The SMILES string of the molecule is C1CC2C3CC(NC4CCN5CCCC5C4)C(C3)C2C1. The number of fused-ring (bicyclic) bond motifs is 6. The number of rotatable bonds is 2. The maximum absolute atomic E-state index is 4.15. The van der Waals surface area contributed by atoms with Crippen molar-refractivity contribution in [2.75, 3.05) is 13.1 Å². The molecule has 2 heterocycles. The van der Waals surface area contributed by atoms with Crippen LogP contribution in [0.2, 0.25) is 0 Å². The Morgan fingerprint density at radius 3 is 2.70 bits per heavy atom. The molecule has 0 aromatic heterocycles. The van der Waals surface area contributed by atoms with E-state index in [2.05, 4.69) is 10.2 Å². The number of nitrogens with one attached hydrogen (secondary N) is 1. The van der Waals surface area contributed by atoms with Crippen LogP contribution in [0.5, 0.6) is 0 Å². The van der Waals surface area contributed by atoms with E-state index in [1.54, 1.807) is 19.3 Å². The zero-order chi connectivity index (χ0) is 13.1. The Morgan fingerprint density at radius 1 is 0.750 bits per heavy atom. The largest absolute Gasteiger partial charge is 0.311 e. The van der Waals surface area contributed by atoms with Gasteiger partial charge in [-0.3, -0.25) is 0 Å². The maximum atomic E-state index is 4.15. The van der Waals surface area contributed by atoms with Gasteiger partial charge in [0.1, 0.15) is 0 Å². The fourth-order valence-corrected chi connectivity index (χ4v) is 6.94. The highest BCUT2D eigenvalue weighted by Crippen LogP contribution is 2.58. The third-order valence-electron chi connectivity index (χ3n) is 7.70. The minimum atomic E-state index is 0.846. The molecule has 5 rings (SSSR count). The Labute approximate surface area is 123 Å². The van der Waals surface area contributed by atoms with Crippen LogP contribution in [0.4, 0.5) is 0 Å². The van der Waals surface area contributed by atoms with Crippen molar-refractivity contribution in [2.45, 2.75) is 75.9 Å². The molecule has 7 atom stereocenters. The molecule has 2 aliphatic heterocycles. The second-order valence-corrected chi connectivity index (χ2v) is 8.48. The highest BCUT2D eigenvalue weighted by molar-refractivity contribution is 5.06. The molecular formula is C18H30N2. The Balaban J connectivity index is 1.23. The highest BCUT2D eigenvalue weighted by atomic mass is 15.2. The molecule has 0 aromatic carbocycles. The van der Waals surface area contributed by atoms with Gasteiger partial charge in [-0.25, -0.2) is 0 Å². The van der Waals surface area contributed by atoms with E-state index in [-0.39, 0.29) is 0 Å². The van der Waals surface area contributed by atoms with E-state index >= 15 is 0 Å². The van der Waals surface area contributed by atoms with Crippen molar-refractivity contribution >= 4 is 0 Å². The van der Waals surface area contributed by atoms with Crippen LogP contribution in [0.3, 0.4) is 0 Å². The minimum Gasteiger partial charge on any atom is -0.311 e. The average Bonchev–Trinajstić information content (AvgIpc) is 3.20. The van der Waals surface area contributed by atoms with E-state index in [1.165, 1.54) is 51.6 Å². The molecule has 0 spiro atoms. The van der Waals surface area contributed by atoms with Crippen LogP contribution in [-0.4, -0.2) is 36.1 Å². The van der Waals surface area contributed by atoms with Crippen molar-refractivity contribution < 1.29 is 0 Å². The molecule has 112 valence electrons. The molecule has 3 aliphatic carbocycles. The first-order valence-corrected chi connectivity index (χ1v) is 9.38. The fourth-order valence-electron chi connectivity index (χ4n) is 6.94. The van der Waals surface area contributed by atoms with E-state index in [0.717, 1.165) is 41.8 Å². The summed E-state index contributed by atoms with van der Waals surface area (Å²) in [6.07, 6.45) is 13.6. The molecule has 2 nitrogen and oxygen atoms in total. The van der Waals surface area contributed by atoms with Crippen LogP contribution >= 0.6 is 0 Å². The van der Waals surface area contributed by atoms with Crippen molar-refractivity contribution in [3.63, 3.8) is 0 Å². The molecule has 5 fully saturated rings. The van der Waals surface area contributed by atoms with E-state index in [9.17, 15) is 0 Å². The third-order valence-corrected chi connectivity index (χ3v) is 7.70. The minimum absolute atomic E-state index is 0.846. The van der Waals surface area contributed by atoms with Gasteiger partial charge in [-0.2, -0.15) is 0 Å². The summed E-state index contributed by atoms with van der Waals surface area (Å²) >= 11 is 0. The number of hydrogen-bond donors (Lipinski definition) is 1. The van der Waals surface area contributed by atoms with E-state index < -0.39 is 0 Å². The Hall–Kier alpha value is -0.0800. The molecule has 1 N–H and O–H groups in total. The van der Waals surface area contributed by atoms with Crippen LogP contribution < -0.4 is 5.32 Å². The molecule has 20 heavy (non-hydrogen) atoms. The predicted molar refractivity (Wildman–Crippen MR) is 81.6 cm³/mol. The molecular weight excluding hydrogens is 244 g/mol. The monoisotopic (exact) mass is 274 g/mol. The number of nitrogens with zero attached hydrogens (tertiary/aromatic N) is 1. The quantitative estimate of drug-likeness (QED) is 0.832. The molecule has 0 aromatic rings. The van der Waals surface area contributed by atoms with Gasteiger partial charge in [-0.1, -0.05) is 6.42 Å². The molecule has 7 unspecified atom stereocenters. The molecule has 5 aliphatic rings. The lowest BCUT2D eigenvalue weighted by molar-refractivity contribution is 0.137. The first-order chi connectivity index (χ1) is 9.88. The van der Waals surface area contributed by atoms with Crippen molar-refractivity contribution in [1.82, 2.24) is 10.2 Å². The molecule has 0 radical (unpaired) electrons. The Kier molecular flexibility index (Phi) is 2.93. The van der Waals surface area contributed by atoms with Crippen LogP contribution in [-0.2, 0) is 0 Å². The van der Waals surface area contributed by atoms with Crippen molar-refractivity contribution in [3.05, 3.63) is 0 Å². The zero-order valence-corrected chi connectivity index (χ0v) is 12.8. The van der Waals surface area contributed by atoms with E-state index in [1.807, 2.05) is 0 Å². The van der Waals surface area contributed by atoms with Crippen molar-refractivity contribution in [1.29, 1.82) is 0 Å². The lowest BCUT2D eigenvalue weighted by atomic mass is 9.78. The first kappa shape index (κ1) is 12.5. The Bertz CT molecular complexity index is 382. The van der Waals surface area contributed by atoms with Crippen molar-refractivity contribution in [3.8, 4) is 0 Å². The molecule has 2 bridgehead atoms. The topological polar surface area (TPSA) is 15.3 Å². The first-order valence-electron chi connectivity index (χ1n) is 9.38. The van der Waals surface area contributed by atoms with Gasteiger partial charge in [0.25, 0.3) is 0 Å². The Morgan fingerprint density at radius 2 is 1.70 bits per heavy atom. The van der Waals surface area contributed by atoms with Gasteiger partial charge in [0.05, 0.1) is 0 Å². The standard InChI is InChI=1S/C18H30N2/c1-4-15-12-9-17(16(15)5-1)18(10-12)19-13-6-8-20-7-2-3-14(20)11-13/h12-19H,1-11H2. The van der Waals surface area contributed by atoms with Crippen LogP contribution in [0.25, 0.3) is 0 Å². The maximum Gasteiger partial charge on any atom is 0.0111 e. The van der Waals surface area contributed by atoms with Crippen LogP contribution in [0, 0.1) is 23.7 Å². The summed E-state index contributed by atoms with van der Waals surface area (Å²) in [7, 11) is 0. The highest BCUT2D eigenvalue weighted by Gasteiger charge is 2.54. The lowest BCUT2D eigenvalue weighted by Crippen LogP contribution is -2.51. The van der Waals surface area contributed by atoms with Gasteiger partial charge in [-0.05, 0) is 88.1 Å². The second-order valence-electron chi connectivity index (χ2n) is 8.48. The molecule has 2 heteroatoms. The third kappa shape index (κ3) is 1.83. The predicted octanol–water partition coefficient (Wildman–Crippen LogP) is 3.03. The number of piperidine rings is 1. The second kappa shape index (κ2) is 4.71. The van der Waals surface area contributed by atoms with E-state index in [4.69, 9.17) is 0 Å². The smallest absolute Gasteiger partial charge is 0.0111 e. The summed E-state index contributed by atoms with van der Waals surface area (Å²) in [5.74, 6) is 4.44. The molecule has 0 amide bonds. The van der Waals surface area contributed by atoms with Gasteiger partial charge >= 0.3 is 0 Å². The van der Waals surface area contributed by atoms with Gasteiger partial charge in [0.15, 0.2) is 0 Å². The van der Waals surface area contributed by atoms with E-state index in [0.29, 0.717) is 0 Å². The zero-order valence-electron chi connectivity index (χ0n) is 12.8. The normalized spacial score (nSPS) is 54.3. The van der Waals surface area contributed by atoms with Gasteiger partial charge in [0.2, 0.25) is 0 Å².